The van der Waals surface area contributed by atoms with Crippen molar-refractivity contribution >= 4 is 26.5 Å². The van der Waals surface area contributed by atoms with Gasteiger partial charge in [-0.1, -0.05) is 24.3 Å². The third kappa shape index (κ3) is 3.77. The van der Waals surface area contributed by atoms with E-state index in [0.717, 1.165) is 0 Å². The van der Waals surface area contributed by atoms with Gasteiger partial charge < -0.3 is 9.30 Å². The summed E-state index contributed by atoms with van der Waals surface area (Å²) in [6.45, 7) is 3.20. The Kier molecular flexibility index (Phi) is 5.71. The molecular weight excluding hydrogens is 416 g/mol. The Bertz CT molecular complexity index is 1470. The molecule has 0 saturated carbocycles. The minimum absolute atomic E-state index is 0.0672. The van der Waals surface area contributed by atoms with E-state index in [9.17, 15) is 13.2 Å². The van der Waals surface area contributed by atoms with Crippen LogP contribution in [0.15, 0.2) is 75.4 Å². The lowest BCUT2D eigenvalue weighted by atomic mass is 10.3. The topological polar surface area (TPSA) is 107 Å². The second-order valence-corrected chi connectivity index (χ2v) is 8.88. The van der Waals surface area contributed by atoms with Gasteiger partial charge in [-0.2, -0.15) is 0 Å². The van der Waals surface area contributed by atoms with Gasteiger partial charge in [-0.3, -0.25) is 14.6 Å². The summed E-state index contributed by atoms with van der Waals surface area (Å²) in [6, 6.07) is 14.4. The molecular formula is C22H22N4O4S. The molecule has 0 unspecified atom stereocenters. The minimum atomic E-state index is -4.00. The lowest BCUT2D eigenvalue weighted by Gasteiger charge is -2.15. The van der Waals surface area contributed by atoms with Gasteiger partial charge in [0.15, 0.2) is 0 Å². The largest absolute Gasteiger partial charge is 0.382 e. The van der Waals surface area contributed by atoms with Gasteiger partial charge in [-0.15, -0.1) is 0 Å². The molecule has 4 rings (SSSR count). The minimum Gasteiger partial charge on any atom is -0.382 e. The van der Waals surface area contributed by atoms with Crippen molar-refractivity contribution in [3.05, 3.63) is 76.6 Å². The molecule has 0 fully saturated rings. The van der Waals surface area contributed by atoms with Gasteiger partial charge >= 0.3 is 0 Å². The third-order valence-corrected chi connectivity index (χ3v) is 6.78. The summed E-state index contributed by atoms with van der Waals surface area (Å²) >= 11 is 0. The maximum atomic E-state index is 13.3. The van der Waals surface area contributed by atoms with Gasteiger partial charge in [0, 0.05) is 26.0 Å². The highest BCUT2D eigenvalue weighted by molar-refractivity contribution is 7.91. The molecule has 0 bridgehead atoms. The zero-order chi connectivity index (χ0) is 22.0. The van der Waals surface area contributed by atoms with E-state index in [0.29, 0.717) is 31.8 Å². The van der Waals surface area contributed by atoms with E-state index in [4.69, 9.17) is 10.1 Å². The molecule has 0 aliphatic rings. The number of fused-ring (bicyclic) bond motifs is 2. The quantitative estimate of drug-likeness (QED) is 0.352. The molecule has 0 spiro atoms. The van der Waals surface area contributed by atoms with Crippen LogP contribution in [0.2, 0.25) is 0 Å². The highest BCUT2D eigenvalue weighted by Crippen LogP contribution is 2.20. The van der Waals surface area contributed by atoms with Crippen molar-refractivity contribution in [1.82, 2.24) is 14.0 Å². The number of ether oxygens (including phenoxy) is 1. The molecule has 160 valence electrons. The van der Waals surface area contributed by atoms with Crippen molar-refractivity contribution in [1.29, 1.82) is 5.41 Å². The maximum absolute atomic E-state index is 13.3. The van der Waals surface area contributed by atoms with Crippen LogP contribution >= 0.6 is 0 Å². The molecule has 31 heavy (non-hydrogen) atoms. The van der Waals surface area contributed by atoms with Crippen molar-refractivity contribution < 1.29 is 13.2 Å². The van der Waals surface area contributed by atoms with E-state index in [2.05, 4.69) is 4.98 Å². The molecule has 0 amide bonds. The van der Waals surface area contributed by atoms with Crippen LogP contribution in [0.25, 0.3) is 16.7 Å². The summed E-state index contributed by atoms with van der Waals surface area (Å²) in [5.74, 6) is 0. The molecule has 1 N–H and O–H groups in total. The number of benzene rings is 1. The van der Waals surface area contributed by atoms with E-state index in [1.54, 1.807) is 42.6 Å². The molecule has 0 aliphatic carbocycles. The first kappa shape index (κ1) is 21.0. The SMILES string of the molecule is CCOCCCn1c(=N)c(S(=O)(=O)c2ccccc2)cc2c(=O)n3ccccc3nc21. The Morgan fingerprint density at radius 3 is 2.58 bits per heavy atom. The Labute approximate surface area is 178 Å². The highest BCUT2D eigenvalue weighted by atomic mass is 32.2. The summed E-state index contributed by atoms with van der Waals surface area (Å²) in [5.41, 5.74) is 0.116. The summed E-state index contributed by atoms with van der Waals surface area (Å²) in [4.78, 5) is 17.6. The molecule has 0 saturated heterocycles. The summed E-state index contributed by atoms with van der Waals surface area (Å²) < 4.78 is 34.9. The lowest BCUT2D eigenvalue weighted by Crippen LogP contribution is -2.30. The number of aryl methyl sites for hydroxylation is 1. The fourth-order valence-electron chi connectivity index (χ4n) is 3.48. The van der Waals surface area contributed by atoms with Gasteiger partial charge in [0.05, 0.1) is 10.3 Å². The number of hydrogen-bond donors (Lipinski definition) is 1. The number of nitrogens with zero attached hydrogens (tertiary/aromatic N) is 3. The molecule has 9 heteroatoms. The number of sulfone groups is 1. The van der Waals surface area contributed by atoms with Crippen molar-refractivity contribution in [2.24, 2.45) is 0 Å². The van der Waals surface area contributed by atoms with Crippen LogP contribution in [0.5, 0.6) is 0 Å². The van der Waals surface area contributed by atoms with Gasteiger partial charge in [-0.05, 0) is 43.7 Å². The molecule has 3 heterocycles. The van der Waals surface area contributed by atoms with Crippen molar-refractivity contribution in [3.8, 4) is 0 Å². The number of hydrogen-bond acceptors (Lipinski definition) is 6. The second kappa shape index (κ2) is 8.44. The average Bonchev–Trinajstić information content (AvgIpc) is 2.78. The number of aromatic nitrogens is 3. The van der Waals surface area contributed by atoms with Crippen molar-refractivity contribution in [2.75, 3.05) is 13.2 Å². The van der Waals surface area contributed by atoms with Crippen molar-refractivity contribution in [2.45, 2.75) is 29.7 Å². The van der Waals surface area contributed by atoms with Gasteiger partial charge in [0.2, 0.25) is 9.84 Å². The van der Waals surface area contributed by atoms with Crippen LogP contribution in [-0.4, -0.2) is 35.6 Å². The second-order valence-electron chi connectivity index (χ2n) is 6.96. The molecule has 0 aliphatic heterocycles. The fourth-order valence-corrected chi connectivity index (χ4v) is 4.89. The summed E-state index contributed by atoms with van der Waals surface area (Å²) in [7, 11) is -4.00. The van der Waals surface area contributed by atoms with Crippen LogP contribution < -0.4 is 11.0 Å². The van der Waals surface area contributed by atoms with E-state index in [1.807, 2.05) is 6.92 Å². The summed E-state index contributed by atoms with van der Waals surface area (Å²) in [6.07, 6.45) is 2.13. The average molecular weight is 439 g/mol. The molecule has 1 aromatic carbocycles. The van der Waals surface area contributed by atoms with Crippen LogP contribution in [-0.2, 0) is 21.1 Å². The highest BCUT2D eigenvalue weighted by Gasteiger charge is 2.23. The molecule has 3 aromatic heterocycles. The van der Waals surface area contributed by atoms with Gasteiger partial charge in [-0.25, -0.2) is 13.4 Å². The predicted molar refractivity (Wildman–Crippen MR) is 116 cm³/mol. The standard InChI is InChI=1S/C22H22N4O4S/c1-2-30-14-8-13-26-20(23)18(31(28,29)16-9-4-3-5-10-16)15-17-21(26)24-19-11-6-7-12-25(19)22(17)27/h3-7,9-12,15,23H,2,8,13-14H2,1H3. The monoisotopic (exact) mass is 438 g/mol. The lowest BCUT2D eigenvalue weighted by molar-refractivity contribution is 0.141. The number of nitrogens with one attached hydrogen (secondary N) is 1. The maximum Gasteiger partial charge on any atom is 0.267 e. The van der Waals surface area contributed by atoms with E-state index in [-0.39, 0.29) is 31.9 Å². The first-order valence-electron chi connectivity index (χ1n) is 9.92. The Morgan fingerprint density at radius 1 is 1.10 bits per heavy atom. The Morgan fingerprint density at radius 2 is 1.84 bits per heavy atom. The van der Waals surface area contributed by atoms with Crippen LogP contribution in [0, 0.1) is 5.41 Å². The van der Waals surface area contributed by atoms with Gasteiger partial charge in [0.25, 0.3) is 5.56 Å². The molecule has 0 atom stereocenters. The smallest absolute Gasteiger partial charge is 0.267 e. The number of pyridine rings is 2. The summed E-state index contributed by atoms with van der Waals surface area (Å²) in [5, 5.41) is 8.83. The normalized spacial score (nSPS) is 11.9. The molecule has 0 radical (unpaired) electrons. The number of rotatable bonds is 7. The molecule has 8 nitrogen and oxygen atoms in total. The third-order valence-electron chi connectivity index (χ3n) is 5.00. The van der Waals surface area contributed by atoms with Gasteiger partial charge in [0.1, 0.15) is 21.7 Å². The molecule has 4 aromatic rings. The van der Waals surface area contributed by atoms with Crippen molar-refractivity contribution in [3.63, 3.8) is 0 Å². The first-order chi connectivity index (χ1) is 14.9. The van der Waals surface area contributed by atoms with E-state index < -0.39 is 9.84 Å². The zero-order valence-electron chi connectivity index (χ0n) is 17.0. The predicted octanol–water partition coefficient (Wildman–Crippen LogP) is 2.39. The van der Waals surface area contributed by atoms with Crippen LogP contribution in [0.3, 0.4) is 0 Å². The Balaban J connectivity index is 2.03. The first-order valence-corrected chi connectivity index (χ1v) is 11.4. The Hall–Kier alpha value is -3.30. The zero-order valence-corrected chi connectivity index (χ0v) is 17.8. The van der Waals surface area contributed by atoms with Crippen LogP contribution in [0.1, 0.15) is 13.3 Å². The van der Waals surface area contributed by atoms with Crippen LogP contribution in [0.4, 0.5) is 0 Å². The van der Waals surface area contributed by atoms with E-state index in [1.165, 1.54) is 27.2 Å². The fraction of sp³-hybridized carbons (Fsp3) is 0.227. The van der Waals surface area contributed by atoms with E-state index >= 15 is 0 Å².